The van der Waals surface area contributed by atoms with Gasteiger partial charge in [-0.15, -0.1) is 0 Å². The molecule has 4 nitrogen and oxygen atoms in total. The molecule has 4 heteroatoms. The maximum Gasteiger partial charge on any atom is 0.323 e. The highest BCUT2D eigenvalue weighted by Crippen LogP contribution is 2.12. The van der Waals surface area contributed by atoms with Gasteiger partial charge in [0.2, 0.25) is 0 Å². The predicted molar refractivity (Wildman–Crippen MR) is 46.7 cm³/mol. The van der Waals surface area contributed by atoms with Gasteiger partial charge < -0.3 is 9.84 Å². The van der Waals surface area contributed by atoms with Crippen LogP contribution in [0, 0.1) is 17.2 Å². The van der Waals surface area contributed by atoms with Crippen LogP contribution in [0.5, 0.6) is 0 Å². The number of hydrogen-bond acceptors (Lipinski definition) is 4. The quantitative estimate of drug-likeness (QED) is 0.662. The van der Waals surface area contributed by atoms with Crippen LogP contribution in [0.4, 0.5) is 0 Å². The molecular formula is C9H15NO3. The summed E-state index contributed by atoms with van der Waals surface area (Å²) < 4.78 is 4.97. The molecule has 1 unspecified atom stereocenters. The number of aliphatic hydroxyl groups excluding tert-OH is 1. The monoisotopic (exact) mass is 185 g/mol. The van der Waals surface area contributed by atoms with Crippen LogP contribution in [0.2, 0.25) is 0 Å². The summed E-state index contributed by atoms with van der Waals surface area (Å²) in [5.41, 5.74) is -0.582. The number of ether oxygens (including phenoxy) is 1. The predicted octanol–water partition coefficient (Wildman–Crippen LogP) is 0.850. The number of rotatable bonds is 3. The zero-order valence-corrected chi connectivity index (χ0v) is 8.20. The largest absolute Gasteiger partial charge is 0.459 e. The number of aliphatic hydroxyl groups is 1. The highest BCUT2D eigenvalue weighted by Gasteiger charge is 2.24. The van der Waals surface area contributed by atoms with Gasteiger partial charge in [0.1, 0.15) is 11.5 Å². The Morgan fingerprint density at radius 3 is 2.46 bits per heavy atom. The Hall–Kier alpha value is -1.08. The van der Waals surface area contributed by atoms with Gasteiger partial charge in [-0.3, -0.25) is 4.79 Å². The molecule has 0 saturated heterocycles. The van der Waals surface area contributed by atoms with Crippen molar-refractivity contribution in [3.63, 3.8) is 0 Å². The molecule has 0 spiro atoms. The summed E-state index contributed by atoms with van der Waals surface area (Å²) in [7, 11) is 0. The van der Waals surface area contributed by atoms with E-state index in [1.54, 1.807) is 26.8 Å². The summed E-state index contributed by atoms with van der Waals surface area (Å²) in [5.74, 6) is -1.42. The van der Waals surface area contributed by atoms with Gasteiger partial charge >= 0.3 is 5.97 Å². The van der Waals surface area contributed by atoms with Crippen molar-refractivity contribution >= 4 is 5.97 Å². The number of carbonyl (C=O) groups excluding carboxylic acids is 1. The molecule has 13 heavy (non-hydrogen) atoms. The molecule has 0 amide bonds. The third-order valence-electron chi connectivity index (χ3n) is 1.26. The van der Waals surface area contributed by atoms with Gasteiger partial charge in [-0.05, 0) is 27.2 Å². The van der Waals surface area contributed by atoms with Crippen molar-refractivity contribution in [3.05, 3.63) is 0 Å². The SMILES string of the molecule is CC(C)(C)OC(=O)C(C#N)CCO. The van der Waals surface area contributed by atoms with Gasteiger partial charge in [0.15, 0.2) is 0 Å². The highest BCUT2D eigenvalue weighted by atomic mass is 16.6. The van der Waals surface area contributed by atoms with Crippen LogP contribution < -0.4 is 0 Å². The summed E-state index contributed by atoms with van der Waals surface area (Å²) >= 11 is 0. The Balaban J connectivity index is 4.17. The number of esters is 1. The van der Waals surface area contributed by atoms with Crippen LogP contribution in [0.25, 0.3) is 0 Å². The van der Waals surface area contributed by atoms with Gasteiger partial charge in [0.25, 0.3) is 0 Å². The fourth-order valence-electron chi connectivity index (χ4n) is 0.737. The molecule has 0 fully saturated rings. The minimum Gasteiger partial charge on any atom is -0.459 e. The van der Waals surface area contributed by atoms with E-state index in [2.05, 4.69) is 0 Å². The fraction of sp³-hybridized carbons (Fsp3) is 0.778. The first-order valence-corrected chi connectivity index (χ1v) is 4.14. The molecule has 0 aliphatic heterocycles. The molecule has 0 heterocycles. The summed E-state index contributed by atoms with van der Waals surface area (Å²) in [6, 6.07) is 1.79. The molecule has 0 aromatic heterocycles. The van der Waals surface area contributed by atoms with Crippen molar-refractivity contribution < 1.29 is 14.6 Å². The molecule has 0 aliphatic carbocycles. The first-order valence-electron chi connectivity index (χ1n) is 4.14. The molecule has 0 aliphatic rings. The summed E-state index contributed by atoms with van der Waals surface area (Å²) in [5, 5.41) is 17.1. The Labute approximate surface area is 78.1 Å². The van der Waals surface area contributed by atoms with Crippen molar-refractivity contribution in [2.24, 2.45) is 5.92 Å². The first-order chi connectivity index (χ1) is 5.90. The van der Waals surface area contributed by atoms with Crippen molar-refractivity contribution in [2.45, 2.75) is 32.8 Å². The van der Waals surface area contributed by atoms with Gasteiger partial charge in [0.05, 0.1) is 6.07 Å². The molecule has 0 saturated carbocycles. The third kappa shape index (κ3) is 5.21. The van der Waals surface area contributed by atoms with Crippen LogP contribution in [0.15, 0.2) is 0 Å². The number of carbonyl (C=O) groups is 1. The highest BCUT2D eigenvalue weighted by molar-refractivity contribution is 5.75. The second-order valence-electron chi connectivity index (χ2n) is 3.73. The second-order valence-corrected chi connectivity index (χ2v) is 3.73. The number of hydrogen-bond donors (Lipinski definition) is 1. The van der Waals surface area contributed by atoms with E-state index in [0.717, 1.165) is 0 Å². The van der Waals surface area contributed by atoms with Gasteiger partial charge in [0, 0.05) is 6.61 Å². The van der Waals surface area contributed by atoms with Crippen LogP contribution in [-0.4, -0.2) is 23.3 Å². The normalized spacial score (nSPS) is 13.2. The molecular weight excluding hydrogens is 170 g/mol. The topological polar surface area (TPSA) is 70.3 Å². The summed E-state index contributed by atoms with van der Waals surface area (Å²) in [4.78, 5) is 11.2. The molecule has 1 atom stereocenters. The van der Waals surface area contributed by atoms with Crippen LogP contribution in [-0.2, 0) is 9.53 Å². The average molecular weight is 185 g/mol. The second kappa shape index (κ2) is 4.83. The number of nitriles is 1. The average Bonchev–Trinajstić information content (AvgIpc) is 1.96. The van der Waals surface area contributed by atoms with Crippen LogP contribution >= 0.6 is 0 Å². The Kier molecular flexibility index (Phi) is 4.43. The lowest BCUT2D eigenvalue weighted by Crippen LogP contribution is -2.28. The molecule has 1 N–H and O–H groups in total. The van der Waals surface area contributed by atoms with Crippen LogP contribution in [0.3, 0.4) is 0 Å². The Morgan fingerprint density at radius 2 is 2.15 bits per heavy atom. The molecule has 0 rings (SSSR count). The lowest BCUT2D eigenvalue weighted by molar-refractivity contribution is -0.158. The lowest BCUT2D eigenvalue weighted by atomic mass is 10.1. The van der Waals surface area contributed by atoms with E-state index in [1.165, 1.54) is 0 Å². The Bertz CT molecular complexity index is 212. The summed E-state index contributed by atoms with van der Waals surface area (Å²) in [6.45, 7) is 5.02. The first kappa shape index (κ1) is 11.9. The molecule has 0 bridgehead atoms. The van der Waals surface area contributed by atoms with E-state index in [-0.39, 0.29) is 13.0 Å². The zero-order chi connectivity index (χ0) is 10.5. The lowest BCUT2D eigenvalue weighted by Gasteiger charge is -2.20. The van der Waals surface area contributed by atoms with E-state index in [9.17, 15) is 4.79 Å². The fourth-order valence-corrected chi connectivity index (χ4v) is 0.737. The van der Waals surface area contributed by atoms with Crippen LogP contribution in [0.1, 0.15) is 27.2 Å². The van der Waals surface area contributed by atoms with Gasteiger partial charge in [-0.25, -0.2) is 0 Å². The minimum absolute atomic E-state index is 0.130. The van der Waals surface area contributed by atoms with Crippen molar-refractivity contribution in [1.29, 1.82) is 5.26 Å². The van der Waals surface area contributed by atoms with Gasteiger partial charge in [-0.2, -0.15) is 5.26 Å². The van der Waals surface area contributed by atoms with E-state index >= 15 is 0 Å². The number of nitrogens with zero attached hydrogens (tertiary/aromatic N) is 1. The molecule has 0 aromatic rings. The standard InChI is InChI=1S/C9H15NO3/c1-9(2,3)13-8(12)7(6-10)4-5-11/h7,11H,4-5H2,1-3H3. The minimum atomic E-state index is -0.857. The van der Waals surface area contributed by atoms with E-state index in [1.807, 2.05) is 0 Å². The summed E-state index contributed by atoms with van der Waals surface area (Å²) in [6.07, 6.45) is 0.130. The van der Waals surface area contributed by atoms with E-state index in [0.29, 0.717) is 0 Å². The molecule has 74 valence electrons. The van der Waals surface area contributed by atoms with Gasteiger partial charge in [-0.1, -0.05) is 0 Å². The zero-order valence-electron chi connectivity index (χ0n) is 8.20. The smallest absolute Gasteiger partial charge is 0.323 e. The third-order valence-corrected chi connectivity index (χ3v) is 1.26. The maximum atomic E-state index is 11.2. The molecule has 0 radical (unpaired) electrons. The van der Waals surface area contributed by atoms with Crippen molar-refractivity contribution in [3.8, 4) is 6.07 Å². The van der Waals surface area contributed by atoms with Crippen molar-refractivity contribution in [1.82, 2.24) is 0 Å². The van der Waals surface area contributed by atoms with Crippen molar-refractivity contribution in [2.75, 3.05) is 6.61 Å². The van der Waals surface area contributed by atoms with E-state index < -0.39 is 17.5 Å². The Morgan fingerprint density at radius 1 is 1.62 bits per heavy atom. The maximum absolute atomic E-state index is 11.2. The molecule has 0 aromatic carbocycles. The van der Waals surface area contributed by atoms with E-state index in [4.69, 9.17) is 15.1 Å².